The molecule has 49 heavy (non-hydrogen) atoms. The van der Waals surface area contributed by atoms with Gasteiger partial charge in [-0.15, -0.1) is 0 Å². The highest BCUT2D eigenvalue weighted by atomic mass is 15.1. The van der Waals surface area contributed by atoms with Crippen molar-refractivity contribution in [2.75, 3.05) is 0 Å². The molecule has 2 heterocycles. The van der Waals surface area contributed by atoms with Gasteiger partial charge in [0.2, 0.25) is 0 Å². The second kappa shape index (κ2) is 9.72. The maximum atomic E-state index is 5.50. The Morgan fingerprint density at radius 3 is 2.45 bits per heavy atom. The van der Waals surface area contributed by atoms with Crippen LogP contribution in [0.4, 0.5) is 0 Å². The van der Waals surface area contributed by atoms with Crippen LogP contribution in [0.5, 0.6) is 0 Å². The number of para-hydroxylation sites is 1. The molecule has 0 radical (unpaired) electrons. The fraction of sp³-hybridized carbons (Fsp3) is 0.298. The third-order valence-electron chi connectivity index (χ3n) is 13.5. The Balaban J connectivity index is 1.01. The van der Waals surface area contributed by atoms with E-state index in [2.05, 4.69) is 147 Å². The number of rotatable bonds is 2. The summed E-state index contributed by atoms with van der Waals surface area (Å²) in [7, 11) is 0. The lowest BCUT2D eigenvalue weighted by atomic mass is 9.57. The molecule has 11 rings (SSSR count). The first-order valence-corrected chi connectivity index (χ1v) is 18.6. The second-order valence-corrected chi connectivity index (χ2v) is 16.3. The maximum Gasteiger partial charge on any atom is 0.120 e. The Morgan fingerprint density at radius 2 is 1.59 bits per heavy atom. The Bertz CT molecular complexity index is 2360. The van der Waals surface area contributed by atoms with Crippen molar-refractivity contribution in [3.8, 4) is 11.1 Å². The van der Waals surface area contributed by atoms with Crippen LogP contribution in [-0.4, -0.2) is 9.55 Å². The summed E-state index contributed by atoms with van der Waals surface area (Å²) < 4.78 is 2.63. The number of hydrogen-bond donors (Lipinski definition) is 0. The number of nitrogens with zero attached hydrogens (tertiary/aromatic N) is 2. The Kier molecular flexibility index (Phi) is 5.59. The molecule has 2 nitrogen and oxygen atoms in total. The molecule has 0 spiro atoms. The van der Waals surface area contributed by atoms with Gasteiger partial charge in [0.1, 0.15) is 5.82 Å². The fourth-order valence-electron chi connectivity index (χ4n) is 11.3. The number of allylic oxidation sites excluding steroid dienone is 14. The van der Waals surface area contributed by atoms with Gasteiger partial charge in [0, 0.05) is 22.3 Å². The van der Waals surface area contributed by atoms with Gasteiger partial charge in [-0.2, -0.15) is 0 Å². The average Bonchev–Trinajstić information content (AvgIpc) is 3.84. The summed E-state index contributed by atoms with van der Waals surface area (Å²) in [6, 6.07) is 25.2. The first-order chi connectivity index (χ1) is 23.9. The predicted octanol–water partition coefficient (Wildman–Crippen LogP) is 11.5. The van der Waals surface area contributed by atoms with Gasteiger partial charge >= 0.3 is 0 Å². The molecule has 1 fully saturated rings. The van der Waals surface area contributed by atoms with E-state index in [4.69, 9.17) is 4.98 Å². The summed E-state index contributed by atoms with van der Waals surface area (Å²) in [5.41, 5.74) is 16.8. The topological polar surface area (TPSA) is 17.8 Å². The average molecular weight is 635 g/mol. The molecule has 0 amide bonds. The molecule has 240 valence electrons. The standard InChI is InChI=1S/C47H42N2/c1-28-10-8-15-37-33-11-4-5-12-34(33)38-16-9-17-40-44(38)49(43(28)37)45(48-40)46(2)24-22-29(23-25-46)32-20-21-39-35-13-6-7-14-36(35)41-30-18-19-31(26-30)42(41)47(39,3)27-32/h4-17,20-24,27-28,30-31,39,43H,18-19,25-26H2,1-3H3. The minimum absolute atomic E-state index is 0.0328. The van der Waals surface area contributed by atoms with Gasteiger partial charge in [-0.1, -0.05) is 135 Å². The van der Waals surface area contributed by atoms with Crippen LogP contribution in [0.25, 0.3) is 33.3 Å². The molecular formula is C47H42N2. The highest BCUT2D eigenvalue weighted by Crippen LogP contribution is 2.66. The van der Waals surface area contributed by atoms with E-state index in [0.29, 0.717) is 11.8 Å². The number of imidazole rings is 1. The molecule has 1 saturated carbocycles. The van der Waals surface area contributed by atoms with E-state index in [1.54, 1.807) is 16.7 Å². The van der Waals surface area contributed by atoms with Gasteiger partial charge in [-0.25, -0.2) is 4.98 Å². The predicted molar refractivity (Wildman–Crippen MR) is 202 cm³/mol. The first-order valence-electron chi connectivity index (χ1n) is 18.6. The van der Waals surface area contributed by atoms with Crippen molar-refractivity contribution in [3.63, 3.8) is 0 Å². The molecule has 4 aromatic rings. The molecule has 3 aromatic carbocycles. The van der Waals surface area contributed by atoms with Crippen LogP contribution in [0, 0.1) is 23.2 Å². The summed E-state index contributed by atoms with van der Waals surface area (Å²) in [5, 5.41) is 0. The van der Waals surface area contributed by atoms with Gasteiger partial charge in [0.05, 0.1) is 17.1 Å². The molecule has 7 atom stereocenters. The molecule has 7 aliphatic rings. The lowest BCUT2D eigenvalue weighted by molar-refractivity contribution is 0.393. The quantitative estimate of drug-likeness (QED) is 0.215. The van der Waals surface area contributed by atoms with Crippen molar-refractivity contribution in [1.29, 1.82) is 0 Å². The highest BCUT2D eigenvalue weighted by molar-refractivity contribution is 5.99. The smallest absolute Gasteiger partial charge is 0.120 e. The molecular weight excluding hydrogens is 593 g/mol. The van der Waals surface area contributed by atoms with E-state index in [-0.39, 0.29) is 16.9 Å². The SMILES string of the molecule is CC1C=CC=C2c3ccccc3-c3cccc4nc(C5(C)C=CC(C6=CC7(C)C8=C(c9ccccc9C7C=C6)C6CCC8C6)=CC5)n(c34)C21. The zero-order valence-corrected chi connectivity index (χ0v) is 28.7. The highest BCUT2D eigenvalue weighted by Gasteiger charge is 2.53. The molecule has 2 heteroatoms. The van der Waals surface area contributed by atoms with Crippen molar-refractivity contribution in [2.24, 2.45) is 23.2 Å². The fourth-order valence-corrected chi connectivity index (χ4v) is 11.3. The van der Waals surface area contributed by atoms with Crippen LogP contribution in [0.3, 0.4) is 0 Å². The maximum absolute atomic E-state index is 5.50. The number of benzene rings is 3. The number of aromatic nitrogens is 2. The number of fused-ring (bicyclic) bond motifs is 14. The molecule has 0 N–H and O–H groups in total. The Labute approximate surface area is 289 Å². The zero-order valence-electron chi connectivity index (χ0n) is 28.7. The normalized spacial score (nSPS) is 32.9. The first kappa shape index (κ1) is 28.2. The van der Waals surface area contributed by atoms with Crippen LogP contribution in [-0.2, 0) is 5.41 Å². The van der Waals surface area contributed by atoms with Gasteiger partial charge in [0.25, 0.3) is 0 Å². The minimum atomic E-state index is -0.224. The summed E-state index contributed by atoms with van der Waals surface area (Å²) in [4.78, 5) is 5.50. The summed E-state index contributed by atoms with van der Waals surface area (Å²) in [5.74, 6) is 3.43. The van der Waals surface area contributed by atoms with Crippen LogP contribution < -0.4 is 0 Å². The minimum Gasteiger partial charge on any atom is -0.318 e. The van der Waals surface area contributed by atoms with E-state index in [1.165, 1.54) is 69.6 Å². The van der Waals surface area contributed by atoms with E-state index in [0.717, 1.165) is 23.8 Å². The largest absolute Gasteiger partial charge is 0.318 e. The van der Waals surface area contributed by atoms with Crippen LogP contribution in [0.1, 0.15) is 80.9 Å². The van der Waals surface area contributed by atoms with E-state index >= 15 is 0 Å². The van der Waals surface area contributed by atoms with Crippen molar-refractivity contribution in [3.05, 3.63) is 161 Å². The Morgan fingerprint density at radius 1 is 0.796 bits per heavy atom. The molecule has 1 aliphatic heterocycles. The van der Waals surface area contributed by atoms with Crippen molar-refractivity contribution in [1.82, 2.24) is 9.55 Å². The van der Waals surface area contributed by atoms with E-state index in [9.17, 15) is 0 Å². The molecule has 6 aliphatic carbocycles. The van der Waals surface area contributed by atoms with Crippen LogP contribution in [0.15, 0.2) is 138 Å². The van der Waals surface area contributed by atoms with Crippen LogP contribution in [0.2, 0.25) is 0 Å². The van der Waals surface area contributed by atoms with Gasteiger partial charge in [-0.05, 0) is 101 Å². The molecule has 1 aromatic heterocycles. The zero-order chi connectivity index (χ0) is 32.6. The van der Waals surface area contributed by atoms with E-state index in [1.807, 2.05) is 0 Å². The van der Waals surface area contributed by atoms with Gasteiger partial charge < -0.3 is 4.57 Å². The van der Waals surface area contributed by atoms with Gasteiger partial charge in [0.15, 0.2) is 0 Å². The lowest BCUT2D eigenvalue weighted by Crippen LogP contribution is -2.34. The van der Waals surface area contributed by atoms with Gasteiger partial charge in [-0.3, -0.25) is 0 Å². The summed E-state index contributed by atoms with van der Waals surface area (Å²) in [6.07, 6.45) is 27.0. The molecule has 0 saturated heterocycles. The van der Waals surface area contributed by atoms with Crippen molar-refractivity contribution < 1.29 is 0 Å². The second-order valence-electron chi connectivity index (χ2n) is 16.3. The molecule has 2 bridgehead atoms. The van der Waals surface area contributed by atoms with Crippen molar-refractivity contribution in [2.45, 2.75) is 63.8 Å². The Hall–Kier alpha value is -4.69. The van der Waals surface area contributed by atoms with E-state index < -0.39 is 0 Å². The monoisotopic (exact) mass is 634 g/mol. The number of hydrogen-bond acceptors (Lipinski definition) is 1. The summed E-state index contributed by atoms with van der Waals surface area (Å²) >= 11 is 0. The van der Waals surface area contributed by atoms with Crippen molar-refractivity contribution >= 4 is 22.2 Å². The third-order valence-corrected chi connectivity index (χ3v) is 13.5. The third kappa shape index (κ3) is 3.65. The molecule has 7 unspecified atom stereocenters. The summed E-state index contributed by atoms with van der Waals surface area (Å²) in [6.45, 7) is 7.32. The van der Waals surface area contributed by atoms with Crippen LogP contribution >= 0.6 is 0 Å². The lowest BCUT2D eigenvalue weighted by Gasteiger charge is -2.46.